The van der Waals surface area contributed by atoms with Crippen molar-refractivity contribution in [2.75, 3.05) is 29.5 Å². The Morgan fingerprint density at radius 3 is 1.22 bits per heavy atom. The van der Waals surface area contributed by atoms with Crippen molar-refractivity contribution in [3.8, 4) is 0 Å². The van der Waals surface area contributed by atoms with E-state index < -0.39 is 13.5 Å². The first-order chi connectivity index (χ1) is 23.6. The molecule has 7 heteroatoms. The van der Waals surface area contributed by atoms with Crippen molar-refractivity contribution >= 4 is 43.5 Å². The number of rotatable bonds is 7. The summed E-state index contributed by atoms with van der Waals surface area (Å²) in [6.45, 7) is 20.1. The Balaban J connectivity index is 0.000000188. The maximum absolute atomic E-state index is 5.38. The molecule has 1 heterocycles. The van der Waals surface area contributed by atoms with Crippen LogP contribution in [0.3, 0.4) is 0 Å². The smallest absolute Gasteiger partial charge is 0.0146 e. The third-order valence-electron chi connectivity index (χ3n) is 11.2. The van der Waals surface area contributed by atoms with Gasteiger partial charge in [-0.15, -0.1) is 0 Å². The zero-order chi connectivity index (χ0) is 35.3. The SMILES string of the molecule is C1CCC([PH+](C2CCCCC2)C2CCCCC2)CC1.CCO[CH]=[Ru]([Cl])[Cl].Cc1cc(C)c(N2[CH-]N(c3c(C)cc(C)cc3C)CC2)c(C)c1. The molecule has 278 valence electrons. The number of hydrogen-bond donors (Lipinski definition) is 0. The Morgan fingerprint density at radius 2 is 0.959 bits per heavy atom. The molecular formula is C42H67Cl2N2OPRu. The van der Waals surface area contributed by atoms with Gasteiger partial charge in [-0.05, 0) is 141 Å². The molecule has 0 radical (unpaired) electrons. The summed E-state index contributed by atoms with van der Waals surface area (Å²) in [7, 11) is 10.7. The van der Waals surface area contributed by atoms with E-state index in [0.29, 0.717) is 6.61 Å². The molecule has 0 aromatic heterocycles. The molecule has 4 fully saturated rings. The Kier molecular flexibility index (Phi) is 17.9. The second-order valence-electron chi connectivity index (χ2n) is 15.2. The van der Waals surface area contributed by atoms with Gasteiger partial charge in [0.1, 0.15) is 0 Å². The second-order valence-corrected chi connectivity index (χ2v) is 24.3. The quantitative estimate of drug-likeness (QED) is 0.157. The van der Waals surface area contributed by atoms with Gasteiger partial charge in [-0.2, -0.15) is 6.67 Å². The Morgan fingerprint density at radius 1 is 0.633 bits per heavy atom. The molecule has 2 aromatic carbocycles. The normalized spacial score (nSPS) is 19.7. The minimum absolute atomic E-state index is 0.0465. The van der Waals surface area contributed by atoms with Crippen molar-refractivity contribution in [1.29, 1.82) is 0 Å². The van der Waals surface area contributed by atoms with E-state index in [4.69, 9.17) is 24.1 Å². The van der Waals surface area contributed by atoms with Crippen LogP contribution in [0.2, 0.25) is 0 Å². The molecule has 2 aromatic rings. The van der Waals surface area contributed by atoms with Gasteiger partial charge in [0.25, 0.3) is 0 Å². The van der Waals surface area contributed by atoms with Crippen molar-refractivity contribution in [3.63, 3.8) is 0 Å². The van der Waals surface area contributed by atoms with Gasteiger partial charge in [0.05, 0.1) is 17.0 Å². The fraction of sp³-hybridized carbons (Fsp3) is 0.667. The fourth-order valence-corrected chi connectivity index (χ4v) is 15.8. The van der Waals surface area contributed by atoms with Crippen LogP contribution in [0.1, 0.15) is 137 Å². The number of aryl methyl sites for hydroxylation is 6. The maximum atomic E-state index is 5.38. The van der Waals surface area contributed by atoms with Crippen LogP contribution in [0, 0.1) is 48.2 Å². The topological polar surface area (TPSA) is 15.7 Å². The van der Waals surface area contributed by atoms with Crippen molar-refractivity contribution in [2.45, 2.75) is 162 Å². The van der Waals surface area contributed by atoms with E-state index in [-0.39, 0.29) is 7.92 Å². The third-order valence-corrected chi connectivity index (χ3v) is 17.1. The molecule has 4 aliphatic rings. The van der Waals surface area contributed by atoms with Crippen molar-refractivity contribution in [2.24, 2.45) is 0 Å². The van der Waals surface area contributed by atoms with Crippen LogP contribution < -0.4 is 9.80 Å². The van der Waals surface area contributed by atoms with E-state index >= 15 is 0 Å². The van der Waals surface area contributed by atoms with E-state index in [1.165, 1.54) is 66.5 Å². The maximum Gasteiger partial charge on any atom is 0.0146 e. The van der Waals surface area contributed by atoms with Gasteiger partial charge in [-0.1, -0.05) is 54.7 Å². The van der Waals surface area contributed by atoms with Gasteiger partial charge in [0.2, 0.25) is 0 Å². The molecule has 1 saturated heterocycles. The van der Waals surface area contributed by atoms with Gasteiger partial charge in [0, 0.05) is 32.4 Å². The number of hydrogen-bond acceptors (Lipinski definition) is 3. The third kappa shape index (κ3) is 12.6. The average molecular weight is 819 g/mol. The van der Waals surface area contributed by atoms with Crippen LogP contribution in [0.4, 0.5) is 11.4 Å². The van der Waals surface area contributed by atoms with Crippen LogP contribution >= 0.6 is 27.3 Å². The average Bonchev–Trinajstić information content (AvgIpc) is 3.54. The second kappa shape index (κ2) is 21.3. The molecule has 6 rings (SSSR count). The minimum Gasteiger partial charge on any atom is -0.502 e. The molecule has 0 bridgehead atoms. The molecule has 0 N–H and O–H groups in total. The van der Waals surface area contributed by atoms with Crippen LogP contribution in [0.25, 0.3) is 0 Å². The molecule has 3 nitrogen and oxygen atoms in total. The van der Waals surface area contributed by atoms with Crippen LogP contribution in [-0.4, -0.2) is 41.5 Å². The number of ether oxygens (including phenoxy) is 1. The Bertz CT molecular complexity index is 1180. The van der Waals surface area contributed by atoms with Gasteiger partial charge in [-0.3, -0.25) is 0 Å². The first-order valence-corrected chi connectivity index (χ1v) is 26.6. The summed E-state index contributed by atoms with van der Waals surface area (Å²) in [5.41, 5.74) is 14.5. The summed E-state index contributed by atoms with van der Waals surface area (Å²) in [6, 6.07) is 9.12. The fourth-order valence-electron chi connectivity index (χ4n) is 9.50. The summed E-state index contributed by atoms with van der Waals surface area (Å²) < 4.78 is 4.77. The van der Waals surface area contributed by atoms with Crippen LogP contribution in [0.5, 0.6) is 0 Å². The number of nitrogens with zero attached hydrogens (tertiary/aromatic N) is 2. The van der Waals surface area contributed by atoms with Gasteiger partial charge in [-0.25, -0.2) is 0 Å². The summed E-state index contributed by atoms with van der Waals surface area (Å²) in [5, 5.41) is 0. The first kappa shape index (κ1) is 41.3. The molecule has 3 saturated carbocycles. The Labute approximate surface area is 315 Å². The summed E-state index contributed by atoms with van der Waals surface area (Å²) in [6.07, 6.45) is 23.8. The molecule has 0 unspecified atom stereocenters. The molecular weight excluding hydrogens is 751 g/mol. The van der Waals surface area contributed by atoms with Gasteiger partial charge in [0.15, 0.2) is 0 Å². The summed E-state index contributed by atoms with van der Waals surface area (Å²) >= 11 is -1.63. The first-order valence-electron chi connectivity index (χ1n) is 19.4. The van der Waals surface area contributed by atoms with E-state index in [1.807, 2.05) is 6.92 Å². The number of halogens is 2. The predicted molar refractivity (Wildman–Crippen MR) is 219 cm³/mol. The monoisotopic (exact) mass is 818 g/mol. The minimum atomic E-state index is -1.63. The van der Waals surface area contributed by atoms with E-state index in [2.05, 4.69) is 82.3 Å². The van der Waals surface area contributed by atoms with Crippen molar-refractivity contribution in [1.82, 2.24) is 0 Å². The Hall–Kier alpha value is -0.497. The summed E-state index contributed by atoms with van der Waals surface area (Å²) in [5.74, 6) is 0. The van der Waals surface area contributed by atoms with Gasteiger partial charge >= 0.3 is 56.0 Å². The van der Waals surface area contributed by atoms with E-state index in [0.717, 1.165) is 13.1 Å². The molecule has 0 atom stereocenters. The van der Waals surface area contributed by atoms with Crippen LogP contribution in [0.15, 0.2) is 24.3 Å². The summed E-state index contributed by atoms with van der Waals surface area (Å²) in [4.78, 5) is 6.33. The van der Waals surface area contributed by atoms with E-state index in [9.17, 15) is 0 Å². The zero-order valence-electron chi connectivity index (χ0n) is 31.8. The standard InChI is InChI=1S/C21H27N2.C18H33P.C3H6O.2ClH.Ru/c1-14-9-16(3)20(17(4)10-14)22-7-8-23(13-22)21-18(5)11-15(2)12-19(21)6;1-4-10-16(11-5-1)19(17-12-6-2-7-13-17)18-14-8-3-9-15-18;1-3-4-2;;;/h9-13H,7-8H2,1-6H3;16-18H,1-15H2;2H,3H2,1H3;2*1H;/q-1;;;;;+2/p-1. The van der Waals surface area contributed by atoms with E-state index in [1.54, 1.807) is 96.3 Å². The molecule has 49 heavy (non-hydrogen) atoms. The number of benzene rings is 2. The van der Waals surface area contributed by atoms with Gasteiger partial charge < -0.3 is 9.80 Å². The van der Waals surface area contributed by atoms with Crippen molar-refractivity contribution in [3.05, 3.63) is 64.3 Å². The molecule has 0 spiro atoms. The van der Waals surface area contributed by atoms with Crippen molar-refractivity contribution < 1.29 is 18.3 Å². The molecule has 3 aliphatic carbocycles. The predicted octanol–water partition coefficient (Wildman–Crippen LogP) is 12.9. The number of anilines is 2. The zero-order valence-corrected chi connectivity index (χ0v) is 36.1. The van der Waals surface area contributed by atoms with Crippen LogP contribution in [-0.2, 0) is 18.3 Å². The molecule has 1 aliphatic heterocycles. The largest absolute Gasteiger partial charge is 0.502 e. The molecule has 0 amide bonds.